The summed E-state index contributed by atoms with van der Waals surface area (Å²) in [4.78, 5) is 4.97. The summed E-state index contributed by atoms with van der Waals surface area (Å²) in [6, 6.07) is 11.7. The number of hydrogen-bond donors (Lipinski definition) is 1. The molecule has 1 aromatic carbocycles. The molecule has 0 fully saturated rings. The molecule has 5 heteroatoms. The lowest BCUT2D eigenvalue weighted by Gasteiger charge is -2.10. The molecule has 0 atom stereocenters. The third-order valence-electron chi connectivity index (χ3n) is 3.03. The van der Waals surface area contributed by atoms with Crippen LogP contribution in [0.3, 0.4) is 0 Å². The number of nitrogens with zero attached hydrogens (tertiary/aromatic N) is 2. The number of nitrogens with one attached hydrogen (secondary N) is 1. The first-order valence-corrected chi connectivity index (χ1v) is 7.04. The normalized spacial score (nSPS) is 10.4. The number of hydrogen-bond acceptors (Lipinski definition) is 4. The monoisotopic (exact) mass is 299 g/mol. The van der Waals surface area contributed by atoms with E-state index >= 15 is 0 Å². The van der Waals surface area contributed by atoms with Crippen LogP contribution in [0.2, 0.25) is 0 Å². The molecule has 2 aromatic rings. The number of aromatic nitrogens is 1. The van der Waals surface area contributed by atoms with Crippen LogP contribution in [-0.4, -0.2) is 30.5 Å². The van der Waals surface area contributed by atoms with Gasteiger partial charge in [-0.2, -0.15) is 5.26 Å². The van der Waals surface area contributed by atoms with Gasteiger partial charge in [-0.05, 0) is 44.3 Å². The zero-order valence-corrected chi connectivity index (χ0v) is 12.9. The van der Waals surface area contributed by atoms with Gasteiger partial charge in [-0.25, -0.2) is 0 Å². The summed E-state index contributed by atoms with van der Waals surface area (Å²) in [5, 5.41) is 9.12. The van der Waals surface area contributed by atoms with Crippen LogP contribution in [0.15, 0.2) is 36.5 Å². The highest BCUT2D eigenvalue weighted by Crippen LogP contribution is 2.25. The molecular weight excluding hydrogens is 282 g/mol. The Morgan fingerprint density at radius 3 is 2.57 bits per heavy atom. The number of aromatic amines is 1. The van der Waals surface area contributed by atoms with Crippen molar-refractivity contribution in [1.82, 2.24) is 9.88 Å². The molecule has 0 spiro atoms. The lowest BCUT2D eigenvalue weighted by atomic mass is 10.1. The minimum Gasteiger partial charge on any atom is -0.456 e. The lowest BCUT2D eigenvalue weighted by molar-refractivity contribution is 0.413. The van der Waals surface area contributed by atoms with E-state index in [4.69, 9.17) is 22.2 Å². The maximum atomic E-state index is 9.12. The second-order valence-electron chi connectivity index (χ2n) is 4.96. The molecule has 0 amide bonds. The van der Waals surface area contributed by atoms with Crippen LogP contribution < -0.4 is 4.74 Å². The van der Waals surface area contributed by atoms with E-state index in [2.05, 4.69) is 30.0 Å². The highest BCUT2D eigenvalue weighted by molar-refractivity contribution is 7.71. The van der Waals surface area contributed by atoms with E-state index in [-0.39, 0.29) is 0 Å². The van der Waals surface area contributed by atoms with Crippen LogP contribution >= 0.6 is 12.2 Å². The van der Waals surface area contributed by atoms with E-state index in [0.29, 0.717) is 21.7 Å². The Kier molecular flexibility index (Phi) is 5.09. The van der Waals surface area contributed by atoms with Gasteiger partial charge < -0.3 is 14.6 Å². The minimum absolute atomic E-state index is 0.351. The molecule has 1 heterocycles. The van der Waals surface area contributed by atoms with Gasteiger partial charge in [0.1, 0.15) is 27.8 Å². The van der Waals surface area contributed by atoms with Gasteiger partial charge in [0.25, 0.3) is 0 Å². The topological polar surface area (TPSA) is 52.0 Å². The summed E-state index contributed by atoms with van der Waals surface area (Å²) in [6.45, 7) is 1.01. The Bertz CT molecular complexity index is 699. The van der Waals surface area contributed by atoms with Crippen LogP contribution in [-0.2, 0) is 6.42 Å². The van der Waals surface area contributed by atoms with Crippen molar-refractivity contribution >= 4 is 12.2 Å². The van der Waals surface area contributed by atoms with Crippen molar-refractivity contribution in [3.63, 3.8) is 0 Å². The number of rotatable bonds is 5. The van der Waals surface area contributed by atoms with Crippen molar-refractivity contribution in [2.75, 3.05) is 20.6 Å². The number of pyridine rings is 1. The second kappa shape index (κ2) is 7.02. The van der Waals surface area contributed by atoms with Gasteiger partial charge in [-0.1, -0.05) is 24.4 Å². The third kappa shape index (κ3) is 4.15. The fraction of sp³-hybridized carbons (Fsp3) is 0.250. The smallest absolute Gasteiger partial charge is 0.149 e. The average Bonchev–Trinajstić information content (AvgIpc) is 2.47. The zero-order valence-electron chi connectivity index (χ0n) is 12.1. The number of likely N-dealkylation sites (N-methyl/N-ethyl adjacent to an activating group) is 1. The summed E-state index contributed by atoms with van der Waals surface area (Å²) in [7, 11) is 4.11. The van der Waals surface area contributed by atoms with Gasteiger partial charge in [0.15, 0.2) is 0 Å². The minimum atomic E-state index is 0.351. The molecule has 4 nitrogen and oxygen atoms in total. The summed E-state index contributed by atoms with van der Waals surface area (Å²) in [5.74, 6) is 1.17. The molecule has 0 aliphatic rings. The molecule has 0 bridgehead atoms. The van der Waals surface area contributed by atoms with Crippen molar-refractivity contribution < 1.29 is 4.74 Å². The van der Waals surface area contributed by atoms with Crippen LogP contribution in [0.25, 0.3) is 0 Å². The third-order valence-corrected chi connectivity index (χ3v) is 3.36. The van der Waals surface area contributed by atoms with Gasteiger partial charge in [0.05, 0.1) is 0 Å². The van der Waals surface area contributed by atoms with Crippen molar-refractivity contribution in [3.8, 4) is 17.6 Å². The highest BCUT2D eigenvalue weighted by atomic mass is 32.1. The summed E-state index contributed by atoms with van der Waals surface area (Å²) in [6.07, 6.45) is 2.66. The van der Waals surface area contributed by atoms with E-state index in [1.54, 1.807) is 12.3 Å². The number of ether oxygens (including phenoxy) is 1. The SMILES string of the molecule is CN(C)CCc1ccc(Oc2cc[nH]c(=S)c2C#N)cc1. The van der Waals surface area contributed by atoms with Crippen LogP contribution in [0, 0.1) is 16.0 Å². The van der Waals surface area contributed by atoms with Gasteiger partial charge in [0, 0.05) is 12.7 Å². The molecular formula is C16H17N3OS. The molecule has 0 aliphatic carbocycles. The molecule has 21 heavy (non-hydrogen) atoms. The van der Waals surface area contributed by atoms with Crippen molar-refractivity contribution in [2.24, 2.45) is 0 Å². The molecule has 0 saturated carbocycles. The summed E-state index contributed by atoms with van der Waals surface area (Å²) >= 11 is 5.07. The zero-order chi connectivity index (χ0) is 15.2. The first-order valence-electron chi connectivity index (χ1n) is 6.63. The van der Waals surface area contributed by atoms with E-state index in [1.165, 1.54) is 5.56 Å². The number of benzene rings is 1. The van der Waals surface area contributed by atoms with Crippen LogP contribution in [0.4, 0.5) is 0 Å². The molecule has 2 rings (SSSR count). The number of H-pyrrole nitrogens is 1. The van der Waals surface area contributed by atoms with E-state index < -0.39 is 0 Å². The Morgan fingerprint density at radius 2 is 1.95 bits per heavy atom. The Balaban J connectivity index is 2.13. The molecule has 1 aromatic heterocycles. The lowest BCUT2D eigenvalue weighted by Crippen LogP contribution is -2.14. The fourth-order valence-corrected chi connectivity index (χ4v) is 2.07. The van der Waals surface area contributed by atoms with Crippen molar-refractivity contribution in [3.05, 3.63) is 52.3 Å². The van der Waals surface area contributed by atoms with Gasteiger partial charge in [-0.15, -0.1) is 0 Å². The highest BCUT2D eigenvalue weighted by Gasteiger charge is 2.06. The molecule has 108 valence electrons. The van der Waals surface area contributed by atoms with Gasteiger partial charge in [0.2, 0.25) is 0 Å². The summed E-state index contributed by atoms with van der Waals surface area (Å²) in [5.41, 5.74) is 1.60. The van der Waals surface area contributed by atoms with Crippen LogP contribution in [0.5, 0.6) is 11.5 Å². The Labute approximate surface area is 129 Å². The van der Waals surface area contributed by atoms with Crippen molar-refractivity contribution in [1.29, 1.82) is 5.26 Å². The van der Waals surface area contributed by atoms with E-state index in [1.807, 2.05) is 24.3 Å². The van der Waals surface area contributed by atoms with Gasteiger partial charge in [-0.3, -0.25) is 0 Å². The molecule has 0 radical (unpaired) electrons. The average molecular weight is 299 g/mol. The van der Waals surface area contributed by atoms with Crippen LogP contribution in [0.1, 0.15) is 11.1 Å². The Morgan fingerprint density at radius 1 is 1.24 bits per heavy atom. The molecule has 1 N–H and O–H groups in total. The molecule has 0 unspecified atom stereocenters. The fourth-order valence-electron chi connectivity index (χ4n) is 1.86. The predicted molar refractivity (Wildman–Crippen MR) is 85.1 cm³/mol. The number of nitriles is 1. The van der Waals surface area contributed by atoms with Gasteiger partial charge >= 0.3 is 0 Å². The first-order chi connectivity index (χ1) is 10.1. The quantitative estimate of drug-likeness (QED) is 0.858. The van der Waals surface area contributed by atoms with E-state index in [9.17, 15) is 0 Å². The predicted octanol–water partition coefficient (Wildman–Crippen LogP) is 3.51. The molecule has 0 aliphatic heterocycles. The standard InChI is InChI=1S/C16H17N3OS/c1-19(2)10-8-12-3-5-13(6-4-12)20-15-7-9-18-16(21)14(15)11-17/h3-7,9H,8,10H2,1-2H3,(H,18,21). The van der Waals surface area contributed by atoms with E-state index in [0.717, 1.165) is 13.0 Å². The Hall–Kier alpha value is -2.16. The largest absolute Gasteiger partial charge is 0.456 e. The first kappa shape index (κ1) is 15.2. The second-order valence-corrected chi connectivity index (χ2v) is 5.37. The molecule has 0 saturated heterocycles. The maximum Gasteiger partial charge on any atom is 0.149 e. The summed E-state index contributed by atoms with van der Waals surface area (Å²) < 4.78 is 6.13. The maximum absolute atomic E-state index is 9.12. The van der Waals surface area contributed by atoms with Crippen molar-refractivity contribution in [2.45, 2.75) is 6.42 Å².